The summed E-state index contributed by atoms with van der Waals surface area (Å²) in [5.74, 6) is 1.78. The van der Waals surface area contributed by atoms with Crippen molar-refractivity contribution in [1.82, 2.24) is 0 Å². The predicted molar refractivity (Wildman–Crippen MR) is 232 cm³/mol. The Hall–Kier alpha value is -5.63. The quantitative estimate of drug-likeness (QED) is 0.154. The highest BCUT2D eigenvalue weighted by Gasteiger charge is 2.53. The molecule has 2 bridgehead atoms. The van der Waals surface area contributed by atoms with Crippen molar-refractivity contribution in [3.05, 3.63) is 198 Å². The van der Waals surface area contributed by atoms with Crippen LogP contribution in [0.15, 0.2) is 182 Å². The van der Waals surface area contributed by atoms with Crippen molar-refractivity contribution in [3.63, 3.8) is 0 Å². The Morgan fingerprint density at radius 2 is 1.05 bits per heavy atom. The van der Waals surface area contributed by atoms with Gasteiger partial charge in [-0.25, -0.2) is 0 Å². The Balaban J connectivity index is 1.19. The minimum atomic E-state index is -0.286. The van der Waals surface area contributed by atoms with Crippen LogP contribution in [0.5, 0.6) is 0 Å². The molecule has 0 radical (unpaired) electrons. The van der Waals surface area contributed by atoms with Gasteiger partial charge in [-0.2, -0.15) is 0 Å². The molecule has 1 nitrogen and oxygen atoms in total. The third-order valence-electron chi connectivity index (χ3n) is 12.8. The van der Waals surface area contributed by atoms with Gasteiger partial charge in [-0.15, -0.1) is 0 Å². The summed E-state index contributed by atoms with van der Waals surface area (Å²) >= 11 is 7.68. The van der Waals surface area contributed by atoms with E-state index in [4.69, 9.17) is 11.6 Å². The first kappa shape index (κ1) is 33.9. The highest BCUT2D eigenvalue weighted by Crippen LogP contribution is 2.64. The molecule has 3 aliphatic rings. The van der Waals surface area contributed by atoms with E-state index in [2.05, 4.69) is 195 Å². The second-order valence-corrected chi connectivity index (χ2v) is 16.5. The topological polar surface area (TPSA) is 3.24 Å². The van der Waals surface area contributed by atoms with Crippen LogP contribution in [0.4, 0.5) is 17.1 Å². The van der Waals surface area contributed by atoms with Crippen LogP contribution in [0.25, 0.3) is 44.5 Å². The number of rotatable bonds is 6. The van der Waals surface area contributed by atoms with E-state index in [1.54, 1.807) is 0 Å². The Kier molecular flexibility index (Phi) is 8.38. The molecular formula is C53H44ClN. The van der Waals surface area contributed by atoms with Gasteiger partial charge < -0.3 is 4.90 Å². The smallest absolute Gasteiger partial charge is 0.0508 e. The predicted octanol–water partition coefficient (Wildman–Crippen LogP) is 15.1. The first-order chi connectivity index (χ1) is 27.0. The third kappa shape index (κ3) is 5.68. The molecule has 10 rings (SSSR count). The molecule has 0 aromatic heterocycles. The van der Waals surface area contributed by atoms with E-state index in [-0.39, 0.29) is 5.41 Å². The van der Waals surface area contributed by atoms with Gasteiger partial charge in [0.25, 0.3) is 0 Å². The van der Waals surface area contributed by atoms with Crippen molar-refractivity contribution in [3.8, 4) is 44.5 Å². The van der Waals surface area contributed by atoms with Crippen LogP contribution >= 0.6 is 11.6 Å². The first-order valence-corrected chi connectivity index (χ1v) is 20.2. The van der Waals surface area contributed by atoms with Gasteiger partial charge in [0.15, 0.2) is 0 Å². The molecule has 1 saturated carbocycles. The average Bonchev–Trinajstić information content (AvgIpc) is 3.52. The van der Waals surface area contributed by atoms with Gasteiger partial charge in [0.1, 0.15) is 0 Å². The summed E-state index contributed by atoms with van der Waals surface area (Å²) in [6.07, 6.45) is 6.38. The second-order valence-electron chi connectivity index (χ2n) is 16.1. The van der Waals surface area contributed by atoms with Crippen LogP contribution in [-0.4, -0.2) is 0 Å². The molecule has 1 fully saturated rings. The zero-order chi connectivity index (χ0) is 37.1. The monoisotopic (exact) mass is 729 g/mol. The van der Waals surface area contributed by atoms with Crippen molar-refractivity contribution >= 4 is 28.7 Å². The maximum absolute atomic E-state index is 7.68. The largest absolute Gasteiger partial charge is 0.310 e. The first-order valence-electron chi connectivity index (χ1n) is 19.8. The van der Waals surface area contributed by atoms with Crippen molar-refractivity contribution in [1.29, 1.82) is 0 Å². The molecule has 4 atom stereocenters. The molecule has 0 heterocycles. The van der Waals surface area contributed by atoms with Crippen molar-refractivity contribution in [2.45, 2.75) is 38.5 Å². The normalized spacial score (nSPS) is 20.8. The summed E-state index contributed by atoms with van der Waals surface area (Å²) in [4.78, 5) is 2.40. The minimum absolute atomic E-state index is 0.286. The van der Waals surface area contributed by atoms with Crippen LogP contribution in [0.1, 0.15) is 44.2 Å². The molecule has 2 heteroatoms. The fourth-order valence-corrected chi connectivity index (χ4v) is 10.7. The van der Waals surface area contributed by atoms with Gasteiger partial charge in [-0.05, 0) is 130 Å². The van der Waals surface area contributed by atoms with Gasteiger partial charge in [-0.3, -0.25) is 0 Å². The van der Waals surface area contributed by atoms with Gasteiger partial charge in [0, 0.05) is 28.0 Å². The zero-order valence-electron chi connectivity index (χ0n) is 31.4. The number of anilines is 3. The second kappa shape index (κ2) is 13.6. The lowest BCUT2D eigenvalue weighted by atomic mass is 9.54. The number of allylic oxidation sites excluding steroid dienone is 2. The number of hydrogen-bond donors (Lipinski definition) is 0. The van der Waals surface area contributed by atoms with E-state index in [1.165, 1.54) is 80.5 Å². The third-order valence-corrected chi connectivity index (χ3v) is 13.1. The van der Waals surface area contributed by atoms with Crippen LogP contribution in [0, 0.1) is 17.8 Å². The summed E-state index contributed by atoms with van der Waals surface area (Å²) in [6.45, 7) is 4.86. The fraction of sp³-hybridized carbons (Fsp3) is 0.170. The van der Waals surface area contributed by atoms with E-state index in [0.717, 1.165) is 22.1 Å². The molecule has 7 aromatic carbocycles. The summed E-state index contributed by atoms with van der Waals surface area (Å²) in [5, 5.41) is 0.805. The van der Waals surface area contributed by atoms with E-state index >= 15 is 0 Å². The van der Waals surface area contributed by atoms with Crippen LogP contribution in [0.3, 0.4) is 0 Å². The number of fused-ring (bicyclic) bond motifs is 8. The maximum Gasteiger partial charge on any atom is 0.0508 e. The number of nitrogens with zero attached hydrogens (tertiary/aromatic N) is 1. The van der Waals surface area contributed by atoms with E-state index < -0.39 is 0 Å². The molecule has 0 N–H and O–H groups in total. The highest BCUT2D eigenvalue weighted by atomic mass is 35.5. The van der Waals surface area contributed by atoms with Gasteiger partial charge >= 0.3 is 0 Å². The van der Waals surface area contributed by atoms with E-state index in [1.807, 2.05) is 0 Å². The molecule has 0 aliphatic heterocycles. The van der Waals surface area contributed by atoms with Crippen LogP contribution in [0.2, 0.25) is 5.02 Å². The fourth-order valence-electron chi connectivity index (χ4n) is 10.4. The number of benzene rings is 7. The lowest BCUT2D eigenvalue weighted by Gasteiger charge is -2.49. The molecule has 4 unspecified atom stereocenters. The zero-order valence-corrected chi connectivity index (χ0v) is 32.2. The molecule has 268 valence electrons. The number of hydrogen-bond acceptors (Lipinski definition) is 1. The Morgan fingerprint density at radius 3 is 1.64 bits per heavy atom. The van der Waals surface area contributed by atoms with E-state index in [0.29, 0.717) is 17.8 Å². The molecule has 3 aliphatic carbocycles. The SMILES string of the molecule is CC1=CC2(c3cc(N(c4ccc(-c5ccccc5)cc4)c4ccc(-c5ccccc5)cc4)cc(Cl)c3-c3cccc(-c4ccccc4)c32)C2CC(C)CC1C2. The van der Waals surface area contributed by atoms with Gasteiger partial charge in [-0.1, -0.05) is 164 Å². The highest BCUT2D eigenvalue weighted by molar-refractivity contribution is 6.34. The molecule has 7 aromatic rings. The summed E-state index contributed by atoms with van der Waals surface area (Å²) in [5.41, 5.74) is 17.1. The average molecular weight is 730 g/mol. The Bertz CT molecular complexity index is 2450. The maximum atomic E-state index is 7.68. The van der Waals surface area contributed by atoms with Crippen molar-refractivity contribution in [2.24, 2.45) is 17.8 Å². The van der Waals surface area contributed by atoms with Crippen molar-refractivity contribution < 1.29 is 0 Å². The van der Waals surface area contributed by atoms with E-state index in [9.17, 15) is 0 Å². The lowest BCUT2D eigenvalue weighted by Crippen LogP contribution is -2.42. The summed E-state index contributed by atoms with van der Waals surface area (Å²) in [6, 6.07) is 61.8. The van der Waals surface area contributed by atoms with Crippen LogP contribution < -0.4 is 4.90 Å². The molecule has 0 saturated heterocycles. The Morgan fingerprint density at radius 1 is 0.527 bits per heavy atom. The lowest BCUT2D eigenvalue weighted by molar-refractivity contribution is 0.168. The van der Waals surface area contributed by atoms with Gasteiger partial charge in [0.2, 0.25) is 0 Å². The molecule has 1 spiro atoms. The van der Waals surface area contributed by atoms with Gasteiger partial charge in [0.05, 0.1) is 5.02 Å². The van der Waals surface area contributed by atoms with Crippen LogP contribution in [-0.2, 0) is 5.41 Å². The molecular weight excluding hydrogens is 686 g/mol. The van der Waals surface area contributed by atoms with Crippen molar-refractivity contribution in [2.75, 3.05) is 4.90 Å². The minimum Gasteiger partial charge on any atom is -0.310 e. The summed E-state index contributed by atoms with van der Waals surface area (Å²) in [7, 11) is 0. The number of halogens is 1. The standard InChI is InChI=1S/C53H44ClN/c1-35-29-42-31-43(30-35)53(34-36(42)2)49-32-46(33-50(54)51(49)48-20-12-19-47(52(48)53)41-17-10-5-11-18-41)55(44-25-21-39(22-26-44)37-13-6-3-7-14-37)45-27-23-40(24-28-45)38-15-8-4-9-16-38/h3-28,32-35,42-43H,29-31H2,1-2H3. The molecule has 55 heavy (non-hydrogen) atoms. The Labute approximate surface area is 330 Å². The summed E-state index contributed by atoms with van der Waals surface area (Å²) < 4.78 is 0. The molecule has 0 amide bonds.